The molecule has 0 spiro atoms. The summed E-state index contributed by atoms with van der Waals surface area (Å²) in [4.78, 5) is 37.6. The molecule has 8 heteroatoms. The highest BCUT2D eigenvalue weighted by atomic mass is 32.2. The molecule has 3 amide bonds. The fraction of sp³-hybridized carbons (Fsp3) is 0.500. The number of likely N-dealkylation sites (tertiary alicyclic amines) is 1. The lowest BCUT2D eigenvalue weighted by Gasteiger charge is -2.19. The molecule has 1 aromatic carbocycles. The Morgan fingerprint density at radius 1 is 1.04 bits per heavy atom. The van der Waals surface area contributed by atoms with Crippen LogP contribution in [-0.4, -0.2) is 47.2 Å². The molecule has 6 nitrogen and oxygen atoms in total. The van der Waals surface area contributed by atoms with Crippen LogP contribution in [0.2, 0.25) is 0 Å². The van der Waals surface area contributed by atoms with Gasteiger partial charge in [-0.15, -0.1) is 23.5 Å². The predicted molar refractivity (Wildman–Crippen MR) is 105 cm³/mol. The Bertz CT molecular complexity index is 660. The van der Waals surface area contributed by atoms with Gasteiger partial charge in [-0.05, 0) is 30.5 Å². The molecule has 2 saturated heterocycles. The Morgan fingerprint density at radius 3 is 2.50 bits per heavy atom. The molecule has 26 heavy (non-hydrogen) atoms. The Balaban J connectivity index is 1.46. The summed E-state index contributed by atoms with van der Waals surface area (Å²) in [7, 11) is 0. The SMILES string of the molecule is O=C(CN1CCCCCC1=O)NNC(=O)c1ccc(C2SCCS2)cc1. The van der Waals surface area contributed by atoms with Crippen molar-refractivity contribution >= 4 is 41.2 Å². The number of thioether (sulfide) groups is 2. The van der Waals surface area contributed by atoms with E-state index in [1.54, 1.807) is 17.0 Å². The van der Waals surface area contributed by atoms with Crippen LogP contribution in [0.1, 0.15) is 46.2 Å². The summed E-state index contributed by atoms with van der Waals surface area (Å²) in [5.41, 5.74) is 6.52. The van der Waals surface area contributed by atoms with Gasteiger partial charge in [0.15, 0.2) is 0 Å². The predicted octanol–water partition coefficient (Wildman–Crippen LogP) is 2.33. The number of nitrogens with zero attached hydrogens (tertiary/aromatic N) is 1. The Morgan fingerprint density at radius 2 is 1.77 bits per heavy atom. The fourth-order valence-electron chi connectivity index (χ4n) is 2.96. The lowest BCUT2D eigenvalue weighted by molar-refractivity contribution is -0.135. The van der Waals surface area contributed by atoms with Crippen LogP contribution in [0.3, 0.4) is 0 Å². The third kappa shape index (κ3) is 5.17. The normalized spacial score (nSPS) is 18.5. The molecule has 0 bridgehead atoms. The van der Waals surface area contributed by atoms with E-state index in [9.17, 15) is 14.4 Å². The van der Waals surface area contributed by atoms with Crippen LogP contribution in [0.15, 0.2) is 24.3 Å². The van der Waals surface area contributed by atoms with Crippen molar-refractivity contribution in [1.29, 1.82) is 0 Å². The summed E-state index contributed by atoms with van der Waals surface area (Å²) >= 11 is 3.83. The molecule has 140 valence electrons. The first-order valence-corrected chi connectivity index (χ1v) is 10.9. The van der Waals surface area contributed by atoms with Gasteiger partial charge in [0, 0.05) is 30.0 Å². The van der Waals surface area contributed by atoms with Crippen LogP contribution in [0.25, 0.3) is 0 Å². The van der Waals surface area contributed by atoms with Crippen molar-refractivity contribution in [3.8, 4) is 0 Å². The Kier molecular flexibility index (Phi) is 6.85. The van der Waals surface area contributed by atoms with Gasteiger partial charge < -0.3 is 4.90 Å². The van der Waals surface area contributed by atoms with E-state index < -0.39 is 0 Å². The second-order valence-corrected chi connectivity index (χ2v) is 9.05. The molecule has 0 aliphatic carbocycles. The molecule has 2 aliphatic rings. The molecule has 0 unspecified atom stereocenters. The van der Waals surface area contributed by atoms with Gasteiger partial charge in [0.1, 0.15) is 6.54 Å². The zero-order chi connectivity index (χ0) is 18.4. The molecule has 2 fully saturated rings. The molecule has 0 radical (unpaired) electrons. The second-order valence-electron chi connectivity index (χ2n) is 6.32. The smallest absolute Gasteiger partial charge is 0.269 e. The molecule has 2 N–H and O–H groups in total. The van der Waals surface area contributed by atoms with Crippen molar-refractivity contribution in [2.45, 2.75) is 30.3 Å². The molecule has 0 saturated carbocycles. The Hall–Kier alpha value is -1.67. The maximum absolute atomic E-state index is 12.2. The number of nitrogens with one attached hydrogen (secondary N) is 2. The quantitative estimate of drug-likeness (QED) is 0.768. The van der Waals surface area contributed by atoms with Crippen molar-refractivity contribution in [1.82, 2.24) is 15.8 Å². The molecule has 3 rings (SSSR count). The van der Waals surface area contributed by atoms with Crippen LogP contribution in [0.5, 0.6) is 0 Å². The lowest BCUT2D eigenvalue weighted by atomic mass is 10.1. The van der Waals surface area contributed by atoms with E-state index in [-0.39, 0.29) is 24.3 Å². The molecule has 2 heterocycles. The van der Waals surface area contributed by atoms with Gasteiger partial charge in [-0.25, -0.2) is 0 Å². The van der Waals surface area contributed by atoms with E-state index in [0.29, 0.717) is 23.1 Å². The van der Waals surface area contributed by atoms with Crippen LogP contribution >= 0.6 is 23.5 Å². The summed E-state index contributed by atoms with van der Waals surface area (Å²) in [6.07, 6.45) is 3.29. The minimum Gasteiger partial charge on any atom is -0.333 e. The van der Waals surface area contributed by atoms with E-state index in [1.807, 2.05) is 35.7 Å². The minimum absolute atomic E-state index is 0.00205. The lowest BCUT2D eigenvalue weighted by Crippen LogP contribution is -2.47. The molecule has 0 aromatic heterocycles. The highest BCUT2D eigenvalue weighted by Crippen LogP contribution is 2.45. The van der Waals surface area contributed by atoms with E-state index in [4.69, 9.17) is 0 Å². The standard InChI is InChI=1S/C18H23N3O3S2/c22-15(12-21-9-3-1-2-4-16(21)23)19-20-17(24)13-5-7-14(8-6-13)18-25-10-11-26-18/h5-8,18H,1-4,9-12H2,(H,19,22)(H,20,24). The van der Waals surface area contributed by atoms with E-state index in [0.717, 1.165) is 30.8 Å². The van der Waals surface area contributed by atoms with E-state index >= 15 is 0 Å². The number of amides is 3. The number of carbonyl (C=O) groups is 3. The fourth-order valence-corrected chi connectivity index (χ4v) is 5.82. The zero-order valence-corrected chi connectivity index (χ0v) is 16.2. The van der Waals surface area contributed by atoms with Crippen LogP contribution in [0, 0.1) is 0 Å². The molecular formula is C18H23N3O3S2. The monoisotopic (exact) mass is 393 g/mol. The third-order valence-corrected chi connectivity index (χ3v) is 7.49. The Labute approximate surface area is 161 Å². The van der Waals surface area contributed by atoms with Gasteiger partial charge in [-0.3, -0.25) is 25.2 Å². The van der Waals surface area contributed by atoms with Crippen molar-refractivity contribution in [2.75, 3.05) is 24.6 Å². The van der Waals surface area contributed by atoms with E-state index in [1.165, 1.54) is 5.56 Å². The van der Waals surface area contributed by atoms with Gasteiger partial charge in [0.25, 0.3) is 11.8 Å². The summed E-state index contributed by atoms with van der Waals surface area (Å²) in [6.45, 7) is 0.576. The first kappa shape index (κ1) is 19.1. The maximum atomic E-state index is 12.2. The van der Waals surface area contributed by atoms with Crippen LogP contribution < -0.4 is 10.9 Å². The number of hydrogen-bond acceptors (Lipinski definition) is 5. The zero-order valence-electron chi connectivity index (χ0n) is 14.5. The number of hydrazine groups is 1. The number of hydrogen-bond donors (Lipinski definition) is 2. The van der Waals surface area contributed by atoms with Gasteiger partial charge in [0.05, 0.1) is 4.58 Å². The van der Waals surface area contributed by atoms with Gasteiger partial charge in [0.2, 0.25) is 5.91 Å². The number of benzene rings is 1. The summed E-state index contributed by atoms with van der Waals surface area (Å²) in [6, 6.07) is 7.47. The molecular weight excluding hydrogens is 370 g/mol. The third-order valence-electron chi connectivity index (χ3n) is 4.39. The highest BCUT2D eigenvalue weighted by molar-refractivity contribution is 8.19. The van der Waals surface area contributed by atoms with Crippen molar-refractivity contribution in [2.24, 2.45) is 0 Å². The molecule has 2 aliphatic heterocycles. The number of rotatable bonds is 4. The van der Waals surface area contributed by atoms with Crippen molar-refractivity contribution in [3.05, 3.63) is 35.4 Å². The first-order chi connectivity index (χ1) is 12.6. The van der Waals surface area contributed by atoms with E-state index in [2.05, 4.69) is 10.9 Å². The molecule has 1 aromatic rings. The van der Waals surface area contributed by atoms with Gasteiger partial charge in [-0.1, -0.05) is 18.6 Å². The maximum Gasteiger partial charge on any atom is 0.269 e. The number of carbonyl (C=O) groups excluding carboxylic acids is 3. The minimum atomic E-state index is -0.385. The van der Waals surface area contributed by atoms with Gasteiger partial charge in [-0.2, -0.15) is 0 Å². The van der Waals surface area contributed by atoms with Crippen LogP contribution in [0.4, 0.5) is 0 Å². The average Bonchev–Trinajstić information content (AvgIpc) is 3.12. The van der Waals surface area contributed by atoms with Crippen molar-refractivity contribution in [3.63, 3.8) is 0 Å². The summed E-state index contributed by atoms with van der Waals surface area (Å²) in [5.74, 6) is 1.57. The molecule has 0 atom stereocenters. The first-order valence-electron chi connectivity index (χ1n) is 8.83. The summed E-state index contributed by atoms with van der Waals surface area (Å²) in [5, 5.41) is 0. The van der Waals surface area contributed by atoms with Crippen molar-refractivity contribution < 1.29 is 14.4 Å². The summed E-state index contributed by atoms with van der Waals surface area (Å²) < 4.78 is 0.443. The van der Waals surface area contributed by atoms with Gasteiger partial charge >= 0.3 is 0 Å². The largest absolute Gasteiger partial charge is 0.333 e. The second kappa shape index (κ2) is 9.32. The highest BCUT2D eigenvalue weighted by Gasteiger charge is 2.20. The average molecular weight is 394 g/mol. The van der Waals surface area contributed by atoms with Crippen LogP contribution in [-0.2, 0) is 9.59 Å². The topological polar surface area (TPSA) is 78.5 Å².